The van der Waals surface area contributed by atoms with Crippen LogP contribution in [-0.4, -0.2) is 30.3 Å². The molecule has 0 aliphatic heterocycles. The standard InChI is InChI=1S/C21H27N3O2.ClH/c1-13-6-8-17(9-7-13)19(22)21(26)24(5)12-18(25)23-20-15(3)10-14(2)11-16(20)4;/h6-11,19H,12,22H2,1-5H3,(H,23,25);1H. The number of nitrogens with one attached hydrogen (secondary N) is 1. The van der Waals surface area contributed by atoms with Crippen molar-refractivity contribution in [1.82, 2.24) is 4.90 Å². The Labute approximate surface area is 167 Å². The molecule has 0 aliphatic carbocycles. The molecule has 2 rings (SSSR count). The first-order chi connectivity index (χ1) is 12.2. The number of hydrogen-bond donors (Lipinski definition) is 2. The summed E-state index contributed by atoms with van der Waals surface area (Å²) >= 11 is 0. The van der Waals surface area contributed by atoms with E-state index >= 15 is 0 Å². The lowest BCUT2D eigenvalue weighted by atomic mass is 10.0. The van der Waals surface area contributed by atoms with Gasteiger partial charge in [-0.2, -0.15) is 0 Å². The monoisotopic (exact) mass is 389 g/mol. The summed E-state index contributed by atoms with van der Waals surface area (Å²) in [7, 11) is 1.59. The summed E-state index contributed by atoms with van der Waals surface area (Å²) < 4.78 is 0. The van der Waals surface area contributed by atoms with Crippen molar-refractivity contribution in [1.29, 1.82) is 0 Å². The number of aryl methyl sites for hydroxylation is 4. The zero-order chi connectivity index (χ0) is 19.4. The fraction of sp³-hybridized carbons (Fsp3) is 0.333. The number of carbonyl (C=O) groups excluding carboxylic acids is 2. The van der Waals surface area contributed by atoms with E-state index in [9.17, 15) is 9.59 Å². The molecular formula is C21H28ClN3O2. The average molecular weight is 390 g/mol. The maximum atomic E-state index is 12.5. The Kier molecular flexibility index (Phi) is 8.00. The second kappa shape index (κ2) is 9.53. The molecular weight excluding hydrogens is 362 g/mol. The molecule has 3 N–H and O–H groups in total. The topological polar surface area (TPSA) is 75.4 Å². The van der Waals surface area contributed by atoms with Gasteiger partial charge in [0.2, 0.25) is 11.8 Å². The minimum atomic E-state index is -0.781. The molecule has 27 heavy (non-hydrogen) atoms. The van der Waals surface area contributed by atoms with E-state index in [1.807, 2.05) is 64.1 Å². The van der Waals surface area contributed by atoms with Gasteiger partial charge in [-0.15, -0.1) is 12.4 Å². The van der Waals surface area contributed by atoms with Crippen molar-refractivity contribution in [3.05, 3.63) is 64.2 Å². The highest BCUT2D eigenvalue weighted by Gasteiger charge is 2.22. The summed E-state index contributed by atoms with van der Waals surface area (Å²) in [4.78, 5) is 26.3. The van der Waals surface area contributed by atoms with E-state index < -0.39 is 6.04 Å². The van der Waals surface area contributed by atoms with Crippen molar-refractivity contribution in [2.75, 3.05) is 18.9 Å². The van der Waals surface area contributed by atoms with Crippen molar-refractivity contribution in [3.63, 3.8) is 0 Å². The van der Waals surface area contributed by atoms with Crippen LogP contribution in [0.1, 0.15) is 33.9 Å². The summed E-state index contributed by atoms with van der Waals surface area (Å²) in [6.07, 6.45) is 0. The molecule has 6 heteroatoms. The fourth-order valence-corrected chi connectivity index (χ4v) is 3.00. The lowest BCUT2D eigenvalue weighted by Gasteiger charge is -2.22. The first-order valence-electron chi connectivity index (χ1n) is 8.64. The fourth-order valence-electron chi connectivity index (χ4n) is 3.00. The maximum Gasteiger partial charge on any atom is 0.244 e. The van der Waals surface area contributed by atoms with E-state index in [-0.39, 0.29) is 30.8 Å². The summed E-state index contributed by atoms with van der Waals surface area (Å²) in [5, 5.41) is 2.90. The molecule has 2 aromatic rings. The number of anilines is 1. The molecule has 0 aliphatic rings. The number of rotatable bonds is 5. The Morgan fingerprint density at radius 2 is 1.52 bits per heavy atom. The van der Waals surface area contributed by atoms with Crippen LogP contribution in [0.25, 0.3) is 0 Å². The number of halogens is 1. The molecule has 0 fully saturated rings. The van der Waals surface area contributed by atoms with Gasteiger partial charge in [0.1, 0.15) is 6.04 Å². The van der Waals surface area contributed by atoms with Crippen LogP contribution < -0.4 is 11.1 Å². The Balaban J connectivity index is 0.00000364. The van der Waals surface area contributed by atoms with Gasteiger partial charge in [0.25, 0.3) is 0 Å². The number of nitrogens with zero attached hydrogens (tertiary/aromatic N) is 1. The first-order valence-corrected chi connectivity index (χ1v) is 8.64. The number of likely N-dealkylation sites (N-methyl/N-ethyl adjacent to an activating group) is 1. The van der Waals surface area contributed by atoms with Crippen LogP contribution in [0.4, 0.5) is 5.69 Å². The Hall–Kier alpha value is -2.37. The van der Waals surface area contributed by atoms with Crippen molar-refractivity contribution < 1.29 is 9.59 Å². The van der Waals surface area contributed by atoms with Crippen LogP contribution in [0.2, 0.25) is 0 Å². The maximum absolute atomic E-state index is 12.5. The normalized spacial score (nSPS) is 11.3. The zero-order valence-electron chi connectivity index (χ0n) is 16.5. The summed E-state index contributed by atoms with van der Waals surface area (Å²) in [6.45, 7) is 7.86. The third-order valence-electron chi connectivity index (χ3n) is 4.40. The van der Waals surface area contributed by atoms with Crippen LogP contribution >= 0.6 is 12.4 Å². The van der Waals surface area contributed by atoms with Gasteiger partial charge in [-0.25, -0.2) is 0 Å². The molecule has 0 saturated carbocycles. The van der Waals surface area contributed by atoms with E-state index in [0.29, 0.717) is 0 Å². The molecule has 0 spiro atoms. The number of amides is 2. The molecule has 0 saturated heterocycles. The Morgan fingerprint density at radius 1 is 1.00 bits per heavy atom. The molecule has 0 bridgehead atoms. The van der Waals surface area contributed by atoms with Gasteiger partial charge in [-0.05, 0) is 44.4 Å². The molecule has 0 heterocycles. The zero-order valence-corrected chi connectivity index (χ0v) is 17.3. The van der Waals surface area contributed by atoms with E-state index in [4.69, 9.17) is 5.73 Å². The van der Waals surface area contributed by atoms with Crippen molar-refractivity contribution in [3.8, 4) is 0 Å². The molecule has 2 amide bonds. The molecule has 1 unspecified atom stereocenters. The quantitative estimate of drug-likeness (QED) is 0.822. The smallest absolute Gasteiger partial charge is 0.244 e. The predicted molar refractivity (Wildman–Crippen MR) is 112 cm³/mol. The van der Waals surface area contributed by atoms with Crippen molar-refractivity contribution in [2.45, 2.75) is 33.7 Å². The third-order valence-corrected chi connectivity index (χ3v) is 4.40. The molecule has 146 valence electrons. The van der Waals surface area contributed by atoms with Gasteiger partial charge in [0.05, 0.1) is 6.54 Å². The lowest BCUT2D eigenvalue weighted by molar-refractivity contribution is -0.134. The molecule has 1 atom stereocenters. The van der Waals surface area contributed by atoms with Gasteiger partial charge in [-0.1, -0.05) is 47.5 Å². The minimum absolute atomic E-state index is 0. The Bertz CT molecular complexity index is 796. The lowest BCUT2D eigenvalue weighted by Crippen LogP contribution is -2.40. The average Bonchev–Trinajstić information content (AvgIpc) is 2.57. The van der Waals surface area contributed by atoms with Gasteiger partial charge in [0.15, 0.2) is 0 Å². The molecule has 0 aromatic heterocycles. The number of carbonyl (C=O) groups is 2. The molecule has 0 radical (unpaired) electrons. The number of benzene rings is 2. The van der Waals surface area contributed by atoms with E-state index in [0.717, 1.165) is 33.5 Å². The number of hydrogen-bond acceptors (Lipinski definition) is 3. The van der Waals surface area contributed by atoms with Gasteiger partial charge < -0.3 is 16.0 Å². The highest BCUT2D eigenvalue weighted by molar-refractivity contribution is 5.96. The van der Waals surface area contributed by atoms with Gasteiger partial charge >= 0.3 is 0 Å². The minimum Gasteiger partial charge on any atom is -0.335 e. The van der Waals surface area contributed by atoms with Crippen LogP contribution in [-0.2, 0) is 9.59 Å². The molecule has 2 aromatic carbocycles. The number of nitrogens with two attached hydrogens (primary N) is 1. The third kappa shape index (κ3) is 5.81. The highest BCUT2D eigenvalue weighted by atomic mass is 35.5. The largest absolute Gasteiger partial charge is 0.335 e. The van der Waals surface area contributed by atoms with Crippen LogP contribution in [0.5, 0.6) is 0 Å². The Morgan fingerprint density at radius 3 is 2.04 bits per heavy atom. The van der Waals surface area contributed by atoms with Crippen LogP contribution in [0.15, 0.2) is 36.4 Å². The van der Waals surface area contributed by atoms with E-state index in [2.05, 4.69) is 5.32 Å². The predicted octanol–water partition coefficient (Wildman–Crippen LogP) is 3.44. The van der Waals surface area contributed by atoms with Crippen LogP contribution in [0, 0.1) is 27.7 Å². The second-order valence-electron chi connectivity index (χ2n) is 6.90. The van der Waals surface area contributed by atoms with Crippen LogP contribution in [0.3, 0.4) is 0 Å². The summed E-state index contributed by atoms with van der Waals surface area (Å²) in [5.74, 6) is -0.534. The van der Waals surface area contributed by atoms with E-state index in [1.165, 1.54) is 4.90 Å². The van der Waals surface area contributed by atoms with Crippen molar-refractivity contribution in [2.24, 2.45) is 5.73 Å². The van der Waals surface area contributed by atoms with Gasteiger partial charge in [0, 0.05) is 12.7 Å². The first kappa shape index (κ1) is 22.7. The SMILES string of the molecule is Cc1ccc(C(N)C(=O)N(C)CC(=O)Nc2c(C)cc(C)cc2C)cc1.Cl. The van der Waals surface area contributed by atoms with Crippen molar-refractivity contribution >= 4 is 29.9 Å². The van der Waals surface area contributed by atoms with Gasteiger partial charge in [-0.3, -0.25) is 9.59 Å². The summed E-state index contributed by atoms with van der Waals surface area (Å²) in [5.41, 5.74) is 11.8. The van der Waals surface area contributed by atoms with E-state index in [1.54, 1.807) is 7.05 Å². The molecule has 5 nitrogen and oxygen atoms in total. The summed E-state index contributed by atoms with van der Waals surface area (Å²) in [6, 6.07) is 10.8. The second-order valence-corrected chi connectivity index (χ2v) is 6.90. The highest BCUT2D eigenvalue weighted by Crippen LogP contribution is 2.22.